The molecule has 0 amide bonds. The second-order valence-corrected chi connectivity index (χ2v) is 10.3. The third-order valence-electron chi connectivity index (χ3n) is 5.96. The van der Waals surface area contributed by atoms with Crippen LogP contribution in [-0.2, 0) is 4.74 Å². The van der Waals surface area contributed by atoms with Gasteiger partial charge in [-0.2, -0.15) is 0 Å². The van der Waals surface area contributed by atoms with Crippen LogP contribution in [0.5, 0.6) is 11.5 Å². The predicted molar refractivity (Wildman–Crippen MR) is 106 cm³/mol. The van der Waals surface area contributed by atoms with Gasteiger partial charge in [-0.15, -0.1) is 0 Å². The molecule has 0 aliphatic heterocycles. The number of aromatic hydroxyl groups is 1. The average molecular weight is 393 g/mol. The Labute approximate surface area is 167 Å². The van der Waals surface area contributed by atoms with E-state index >= 15 is 0 Å². The summed E-state index contributed by atoms with van der Waals surface area (Å²) in [7, 11) is 0. The summed E-state index contributed by atoms with van der Waals surface area (Å²) in [6.07, 6.45) is 5.90. The number of rotatable bonds is 4. The fourth-order valence-electron chi connectivity index (χ4n) is 5.46. The maximum Gasteiger partial charge on any atom is 0.341 e. The third-order valence-corrected chi connectivity index (χ3v) is 5.96. The molecule has 0 aromatic heterocycles. The first kappa shape index (κ1) is 20.9. The van der Waals surface area contributed by atoms with Crippen LogP contribution in [0.15, 0.2) is 12.1 Å². The van der Waals surface area contributed by atoms with E-state index in [1.54, 1.807) is 20.8 Å². The smallest absolute Gasteiger partial charge is 0.341 e. The number of esters is 1. The molecule has 2 aliphatic rings. The molecule has 1 aromatic carbocycles. The van der Waals surface area contributed by atoms with Crippen LogP contribution in [0.3, 0.4) is 0 Å². The van der Waals surface area contributed by atoms with E-state index in [9.17, 15) is 14.3 Å². The number of carbonyl (C=O) groups is 1. The van der Waals surface area contributed by atoms with Crippen molar-refractivity contribution in [1.82, 2.24) is 0 Å². The van der Waals surface area contributed by atoms with E-state index in [2.05, 4.69) is 13.8 Å². The number of hydrogen-bond acceptors (Lipinski definition) is 4. The van der Waals surface area contributed by atoms with Gasteiger partial charge in [0, 0.05) is 17.5 Å². The highest BCUT2D eigenvalue weighted by Gasteiger charge is 2.44. The van der Waals surface area contributed by atoms with Crippen LogP contribution in [0.1, 0.15) is 77.1 Å². The monoisotopic (exact) mass is 392 g/mol. The Morgan fingerprint density at radius 1 is 1.18 bits per heavy atom. The summed E-state index contributed by atoms with van der Waals surface area (Å²) >= 11 is 0. The Bertz CT molecular complexity index is 717. The van der Waals surface area contributed by atoms with Gasteiger partial charge in [-0.25, -0.2) is 9.18 Å². The van der Waals surface area contributed by atoms with Gasteiger partial charge in [0.1, 0.15) is 11.4 Å². The largest absolute Gasteiger partial charge is 0.504 e. The molecule has 2 aliphatic carbocycles. The maximum atomic E-state index is 14.5. The summed E-state index contributed by atoms with van der Waals surface area (Å²) in [5.74, 6) is 0.373. The van der Waals surface area contributed by atoms with Crippen molar-refractivity contribution >= 4 is 5.97 Å². The van der Waals surface area contributed by atoms with Crippen LogP contribution >= 0.6 is 0 Å². The average Bonchev–Trinajstić information content (AvgIpc) is 2.52. The summed E-state index contributed by atoms with van der Waals surface area (Å²) in [5.41, 5.74) is -0.929. The van der Waals surface area contributed by atoms with Gasteiger partial charge in [0.25, 0.3) is 0 Å². The molecule has 4 nitrogen and oxygen atoms in total. The van der Waals surface area contributed by atoms with Gasteiger partial charge in [0.2, 0.25) is 0 Å². The van der Waals surface area contributed by atoms with E-state index in [-0.39, 0.29) is 22.5 Å². The van der Waals surface area contributed by atoms with E-state index in [0.29, 0.717) is 18.4 Å². The molecule has 0 saturated heterocycles. The topological polar surface area (TPSA) is 55.8 Å². The minimum absolute atomic E-state index is 0.0900. The van der Waals surface area contributed by atoms with Crippen molar-refractivity contribution in [3.63, 3.8) is 0 Å². The molecule has 156 valence electrons. The SMILES string of the molecule is CC1CC2CC(C)CC(COc3cc(F)c(C(=O)OC(C)(C)C)cc3O)(C1)C2. The van der Waals surface area contributed by atoms with E-state index in [4.69, 9.17) is 9.47 Å². The predicted octanol–water partition coefficient (Wildman–Crippen LogP) is 5.72. The van der Waals surface area contributed by atoms with Crippen LogP contribution in [0.2, 0.25) is 0 Å². The molecule has 5 heteroatoms. The second kappa shape index (κ2) is 7.57. The highest BCUT2D eigenvalue weighted by atomic mass is 19.1. The lowest BCUT2D eigenvalue weighted by Gasteiger charge is -2.49. The van der Waals surface area contributed by atoms with Crippen LogP contribution in [0, 0.1) is 29.0 Å². The Morgan fingerprint density at radius 3 is 2.36 bits per heavy atom. The molecular formula is C23H33FO4. The first-order valence-corrected chi connectivity index (χ1v) is 10.3. The summed E-state index contributed by atoms with van der Waals surface area (Å²) in [5, 5.41) is 10.3. The molecule has 0 spiro atoms. The molecular weight excluding hydrogens is 359 g/mol. The molecule has 2 saturated carbocycles. The molecule has 2 bridgehead atoms. The van der Waals surface area contributed by atoms with Crippen molar-refractivity contribution in [2.75, 3.05) is 6.61 Å². The highest BCUT2D eigenvalue weighted by molar-refractivity contribution is 5.90. The summed E-state index contributed by atoms with van der Waals surface area (Å²) in [6.45, 7) is 10.2. The van der Waals surface area contributed by atoms with Gasteiger partial charge in [0.05, 0.1) is 12.2 Å². The summed E-state index contributed by atoms with van der Waals surface area (Å²) < 4.78 is 25.6. The van der Waals surface area contributed by atoms with Gasteiger partial charge < -0.3 is 14.6 Å². The van der Waals surface area contributed by atoms with Gasteiger partial charge >= 0.3 is 5.97 Å². The van der Waals surface area contributed by atoms with E-state index in [1.165, 1.54) is 12.8 Å². The van der Waals surface area contributed by atoms with E-state index in [0.717, 1.165) is 37.3 Å². The molecule has 3 rings (SSSR count). The van der Waals surface area contributed by atoms with Gasteiger partial charge in [0.15, 0.2) is 11.5 Å². The zero-order valence-electron chi connectivity index (χ0n) is 17.7. The van der Waals surface area contributed by atoms with Crippen molar-refractivity contribution in [3.05, 3.63) is 23.5 Å². The van der Waals surface area contributed by atoms with Gasteiger partial charge in [-0.1, -0.05) is 13.8 Å². The Kier molecular flexibility index (Phi) is 5.66. The van der Waals surface area contributed by atoms with Crippen LogP contribution in [0.4, 0.5) is 4.39 Å². The summed E-state index contributed by atoms with van der Waals surface area (Å²) in [4.78, 5) is 12.1. The molecule has 1 aromatic rings. The highest BCUT2D eigenvalue weighted by Crippen LogP contribution is 2.53. The minimum atomic E-state index is -0.796. The number of ether oxygens (including phenoxy) is 2. The standard InChI is InChI=1S/C23H33FO4/c1-14-6-16-7-15(2)11-23(10-14,12-16)13-27-20-9-18(24)17(8-19(20)25)21(26)28-22(3,4)5/h8-9,14-16,25H,6-7,10-13H2,1-5H3. The normalized spacial score (nSPS) is 30.0. The van der Waals surface area contributed by atoms with Gasteiger partial charge in [-0.3, -0.25) is 0 Å². The number of carbonyl (C=O) groups excluding carboxylic acids is 1. The van der Waals surface area contributed by atoms with Crippen molar-refractivity contribution in [2.24, 2.45) is 23.2 Å². The van der Waals surface area contributed by atoms with Crippen LogP contribution < -0.4 is 4.74 Å². The second-order valence-electron chi connectivity index (χ2n) is 10.3. The molecule has 0 radical (unpaired) electrons. The lowest BCUT2D eigenvalue weighted by atomic mass is 9.57. The van der Waals surface area contributed by atoms with Gasteiger partial charge in [-0.05, 0) is 70.6 Å². The zero-order valence-corrected chi connectivity index (χ0v) is 17.7. The van der Waals surface area contributed by atoms with Crippen molar-refractivity contribution in [2.45, 2.75) is 72.3 Å². The number of phenolic OH excluding ortho intramolecular Hbond substituents is 1. The number of phenols is 1. The molecule has 28 heavy (non-hydrogen) atoms. The Balaban J connectivity index is 1.74. The molecule has 2 unspecified atom stereocenters. The van der Waals surface area contributed by atoms with Crippen LogP contribution in [0.25, 0.3) is 0 Å². The lowest BCUT2D eigenvalue weighted by molar-refractivity contribution is -0.0171. The Morgan fingerprint density at radius 2 is 1.79 bits per heavy atom. The Hall–Kier alpha value is -1.78. The zero-order chi connectivity index (χ0) is 20.7. The van der Waals surface area contributed by atoms with Crippen molar-refractivity contribution in [1.29, 1.82) is 0 Å². The van der Waals surface area contributed by atoms with Crippen molar-refractivity contribution < 1.29 is 23.8 Å². The first-order valence-electron chi connectivity index (χ1n) is 10.3. The molecule has 1 N–H and O–H groups in total. The first-order chi connectivity index (χ1) is 13.0. The van der Waals surface area contributed by atoms with E-state index < -0.39 is 17.4 Å². The lowest BCUT2D eigenvalue weighted by Crippen LogP contribution is -2.42. The number of fused-ring (bicyclic) bond motifs is 2. The number of hydrogen-bond donors (Lipinski definition) is 1. The van der Waals surface area contributed by atoms with Crippen LogP contribution in [-0.4, -0.2) is 23.3 Å². The molecule has 0 heterocycles. The minimum Gasteiger partial charge on any atom is -0.504 e. The third kappa shape index (κ3) is 4.79. The molecule has 2 fully saturated rings. The molecule has 2 atom stereocenters. The quantitative estimate of drug-likeness (QED) is 0.666. The maximum absolute atomic E-state index is 14.5. The number of benzene rings is 1. The fraction of sp³-hybridized carbons (Fsp3) is 0.696. The van der Waals surface area contributed by atoms with E-state index in [1.807, 2.05) is 0 Å². The number of halogens is 1. The fourth-order valence-corrected chi connectivity index (χ4v) is 5.46. The van der Waals surface area contributed by atoms with Crippen molar-refractivity contribution in [3.8, 4) is 11.5 Å². The summed E-state index contributed by atoms with van der Waals surface area (Å²) in [6, 6.07) is 2.20.